The molecule has 31 heavy (non-hydrogen) atoms. The highest BCUT2D eigenvalue weighted by molar-refractivity contribution is 7.22. The molecule has 160 valence electrons. The van der Waals surface area contributed by atoms with Crippen LogP contribution in [-0.2, 0) is 6.42 Å². The molecule has 5 nitrogen and oxygen atoms in total. The minimum Gasteiger partial charge on any atom is -0.496 e. The molecule has 0 unspecified atom stereocenters. The van der Waals surface area contributed by atoms with Crippen molar-refractivity contribution in [2.45, 2.75) is 32.3 Å². The summed E-state index contributed by atoms with van der Waals surface area (Å²) in [5.41, 5.74) is 2.46. The lowest BCUT2D eigenvalue weighted by Gasteiger charge is -2.18. The first-order valence-electron chi connectivity index (χ1n) is 9.92. The molecule has 1 N–H and O–H groups in total. The summed E-state index contributed by atoms with van der Waals surface area (Å²) in [5.74, 6) is 0.682. The molecular weight excluding hydrogens is 432 g/mol. The number of thiophene rings is 1. The predicted molar refractivity (Wildman–Crippen MR) is 127 cm³/mol. The summed E-state index contributed by atoms with van der Waals surface area (Å²) in [6.45, 7) is 3.57. The van der Waals surface area contributed by atoms with Crippen LogP contribution < -0.4 is 10.3 Å². The van der Waals surface area contributed by atoms with Crippen LogP contribution in [0.1, 0.15) is 25.8 Å². The van der Waals surface area contributed by atoms with Gasteiger partial charge in [0.1, 0.15) is 16.8 Å². The van der Waals surface area contributed by atoms with Crippen molar-refractivity contribution < 1.29 is 9.84 Å². The first-order valence-corrected chi connectivity index (χ1v) is 11.1. The number of rotatable bonds is 6. The third kappa shape index (κ3) is 4.66. The number of aryl methyl sites for hydroxylation is 1. The highest BCUT2D eigenvalue weighted by Crippen LogP contribution is 2.32. The van der Waals surface area contributed by atoms with Crippen LogP contribution >= 0.6 is 22.9 Å². The third-order valence-electron chi connectivity index (χ3n) is 5.12. The van der Waals surface area contributed by atoms with E-state index in [0.717, 1.165) is 16.0 Å². The maximum atomic E-state index is 13.2. The van der Waals surface area contributed by atoms with E-state index in [4.69, 9.17) is 16.3 Å². The summed E-state index contributed by atoms with van der Waals surface area (Å²) in [4.78, 5) is 18.7. The Morgan fingerprint density at radius 2 is 1.90 bits per heavy atom. The largest absolute Gasteiger partial charge is 0.496 e. The molecule has 0 saturated carbocycles. The van der Waals surface area contributed by atoms with Gasteiger partial charge in [-0.25, -0.2) is 4.98 Å². The summed E-state index contributed by atoms with van der Waals surface area (Å²) in [7, 11) is 1.61. The van der Waals surface area contributed by atoms with Crippen LogP contribution in [0.15, 0.2) is 59.7 Å². The summed E-state index contributed by atoms with van der Waals surface area (Å²) in [5, 5.41) is 10.7. The van der Waals surface area contributed by atoms with Gasteiger partial charge in [-0.2, -0.15) is 0 Å². The van der Waals surface area contributed by atoms with Crippen molar-refractivity contribution in [3.05, 3.63) is 75.8 Å². The highest BCUT2D eigenvalue weighted by Gasteiger charge is 2.16. The molecule has 0 fully saturated rings. The Bertz CT molecular complexity index is 1290. The average molecular weight is 455 g/mol. The lowest BCUT2D eigenvalue weighted by atomic mass is 9.98. The van der Waals surface area contributed by atoms with Crippen molar-refractivity contribution in [2.24, 2.45) is 0 Å². The number of ether oxygens (including phenoxy) is 1. The molecule has 0 atom stereocenters. The van der Waals surface area contributed by atoms with Gasteiger partial charge in [-0.3, -0.25) is 9.36 Å². The minimum atomic E-state index is -0.753. The number of methoxy groups -OCH3 is 1. The third-order valence-corrected chi connectivity index (χ3v) is 6.53. The lowest BCUT2D eigenvalue weighted by molar-refractivity contribution is 0.0712. The number of halogens is 1. The maximum Gasteiger partial charge on any atom is 0.275 e. The molecule has 0 radical (unpaired) electrons. The molecule has 2 heterocycles. The SMILES string of the molecule is COc1cc(-n2cnc3cc(-c4ccc(Cl)cc4)sc3c2=O)ccc1CCC(C)(C)O. The van der Waals surface area contributed by atoms with Gasteiger partial charge in [0.15, 0.2) is 0 Å². The molecule has 0 bridgehead atoms. The molecule has 0 amide bonds. The molecule has 0 spiro atoms. The molecule has 7 heteroatoms. The minimum absolute atomic E-state index is 0.124. The fourth-order valence-electron chi connectivity index (χ4n) is 3.38. The van der Waals surface area contributed by atoms with Gasteiger partial charge in [-0.05, 0) is 62.1 Å². The van der Waals surface area contributed by atoms with Gasteiger partial charge < -0.3 is 9.84 Å². The zero-order chi connectivity index (χ0) is 22.2. The predicted octanol–water partition coefficient (Wildman–Crippen LogP) is 5.48. The normalized spacial score (nSPS) is 11.8. The van der Waals surface area contributed by atoms with Crippen LogP contribution in [0, 0.1) is 0 Å². The zero-order valence-electron chi connectivity index (χ0n) is 17.6. The van der Waals surface area contributed by atoms with Gasteiger partial charge in [0.2, 0.25) is 0 Å². The standard InChI is InChI=1S/C24H23ClN2O3S/c1-24(2,29)11-10-15-6-9-18(12-20(15)30-3)27-14-26-19-13-21(31-22(19)23(27)28)16-4-7-17(25)8-5-16/h4-9,12-14,29H,10-11H2,1-3H3. The number of aromatic nitrogens is 2. The number of hydrogen-bond donors (Lipinski definition) is 1. The summed E-state index contributed by atoms with van der Waals surface area (Å²) >= 11 is 7.40. The van der Waals surface area contributed by atoms with Gasteiger partial charge in [0.25, 0.3) is 5.56 Å². The monoisotopic (exact) mass is 454 g/mol. The van der Waals surface area contributed by atoms with E-state index in [2.05, 4.69) is 4.98 Å². The maximum absolute atomic E-state index is 13.2. The average Bonchev–Trinajstić information content (AvgIpc) is 3.18. The fraction of sp³-hybridized carbons (Fsp3) is 0.250. The molecule has 2 aromatic carbocycles. The van der Waals surface area contributed by atoms with Crippen molar-refractivity contribution in [3.8, 4) is 21.9 Å². The van der Waals surface area contributed by atoms with E-state index in [0.29, 0.717) is 39.5 Å². The number of hydrogen-bond acceptors (Lipinski definition) is 5. The van der Waals surface area contributed by atoms with Crippen LogP contribution in [-0.4, -0.2) is 27.4 Å². The molecular formula is C24H23ClN2O3S. The van der Waals surface area contributed by atoms with E-state index in [1.807, 2.05) is 48.5 Å². The number of aliphatic hydroxyl groups is 1. The van der Waals surface area contributed by atoms with Crippen molar-refractivity contribution in [1.29, 1.82) is 0 Å². The van der Waals surface area contributed by atoms with Gasteiger partial charge in [0.05, 0.1) is 23.9 Å². The van der Waals surface area contributed by atoms with Gasteiger partial charge in [-0.1, -0.05) is 29.8 Å². The van der Waals surface area contributed by atoms with Crippen molar-refractivity contribution in [2.75, 3.05) is 7.11 Å². The van der Waals surface area contributed by atoms with Crippen LogP contribution in [0.2, 0.25) is 5.02 Å². The topological polar surface area (TPSA) is 64.4 Å². The molecule has 0 saturated heterocycles. The Balaban J connectivity index is 1.71. The summed E-state index contributed by atoms with van der Waals surface area (Å²) in [6.07, 6.45) is 2.83. The lowest BCUT2D eigenvalue weighted by Crippen LogP contribution is -2.19. The smallest absolute Gasteiger partial charge is 0.275 e. The van der Waals surface area contributed by atoms with Gasteiger partial charge in [0, 0.05) is 16.0 Å². The molecule has 4 rings (SSSR count). The van der Waals surface area contributed by atoms with Crippen LogP contribution in [0.3, 0.4) is 0 Å². The number of nitrogens with zero attached hydrogens (tertiary/aromatic N) is 2. The zero-order valence-corrected chi connectivity index (χ0v) is 19.1. The number of benzene rings is 2. The Labute approximate surface area is 189 Å². The molecule has 4 aromatic rings. The first kappa shape index (κ1) is 21.6. The Kier molecular flexibility index (Phi) is 5.88. The highest BCUT2D eigenvalue weighted by atomic mass is 35.5. The van der Waals surface area contributed by atoms with E-state index in [1.54, 1.807) is 27.3 Å². The fourth-order valence-corrected chi connectivity index (χ4v) is 4.56. The van der Waals surface area contributed by atoms with Crippen LogP contribution in [0.5, 0.6) is 5.75 Å². The number of fused-ring (bicyclic) bond motifs is 1. The van der Waals surface area contributed by atoms with E-state index in [-0.39, 0.29) is 5.56 Å². The Morgan fingerprint density at radius 3 is 2.58 bits per heavy atom. The Hall–Kier alpha value is -2.67. The molecule has 0 aliphatic rings. The van der Waals surface area contributed by atoms with Gasteiger partial charge in [-0.15, -0.1) is 11.3 Å². The second-order valence-corrected chi connectivity index (χ2v) is 9.55. The van der Waals surface area contributed by atoms with E-state index in [1.165, 1.54) is 15.9 Å². The van der Waals surface area contributed by atoms with Crippen LogP contribution in [0.4, 0.5) is 0 Å². The molecule has 0 aliphatic carbocycles. The van der Waals surface area contributed by atoms with E-state index in [9.17, 15) is 9.90 Å². The van der Waals surface area contributed by atoms with Crippen molar-refractivity contribution in [1.82, 2.24) is 9.55 Å². The second kappa shape index (κ2) is 8.46. The first-order chi connectivity index (χ1) is 14.7. The Morgan fingerprint density at radius 1 is 1.16 bits per heavy atom. The molecule has 2 aromatic heterocycles. The van der Waals surface area contributed by atoms with E-state index < -0.39 is 5.60 Å². The second-order valence-electron chi connectivity index (χ2n) is 8.06. The van der Waals surface area contributed by atoms with E-state index >= 15 is 0 Å². The quantitative estimate of drug-likeness (QED) is 0.419. The van der Waals surface area contributed by atoms with Crippen molar-refractivity contribution >= 4 is 33.2 Å². The summed E-state index contributed by atoms with van der Waals surface area (Å²) in [6, 6.07) is 15.1. The van der Waals surface area contributed by atoms with Gasteiger partial charge >= 0.3 is 0 Å². The van der Waals surface area contributed by atoms with Crippen LogP contribution in [0.25, 0.3) is 26.3 Å². The summed E-state index contributed by atoms with van der Waals surface area (Å²) < 4.78 is 7.68. The van der Waals surface area contributed by atoms with Crippen molar-refractivity contribution in [3.63, 3.8) is 0 Å². The molecule has 0 aliphatic heterocycles.